The lowest BCUT2D eigenvalue weighted by Crippen LogP contribution is -2.33. The minimum Gasteiger partial charge on any atom is -0.277 e. The molecule has 1 nitrogen and oxygen atoms in total. The molecule has 0 aliphatic heterocycles. The third-order valence-electron chi connectivity index (χ3n) is 11.4. The van der Waals surface area contributed by atoms with Crippen molar-refractivity contribution in [3.05, 3.63) is 257 Å². The number of nitrogens with zero attached hydrogens (tertiary/aromatic N) is 1. The third kappa shape index (κ3) is 6.22. The maximum Gasteiger partial charge on any atom is 0.0728 e. The zero-order chi connectivity index (χ0) is 37.9. The second-order valence-corrected chi connectivity index (χ2v) is 14.7. The van der Waals surface area contributed by atoms with Gasteiger partial charge in [0.05, 0.1) is 17.2 Å². The fourth-order valence-electron chi connectivity index (χ4n) is 8.71. The van der Waals surface area contributed by atoms with E-state index >= 15 is 0 Å². The van der Waals surface area contributed by atoms with Crippen molar-refractivity contribution < 1.29 is 0 Å². The maximum absolute atomic E-state index is 5.40. The van der Waals surface area contributed by atoms with Crippen molar-refractivity contribution in [2.24, 2.45) is 4.99 Å². The van der Waals surface area contributed by atoms with Crippen molar-refractivity contribution in [1.82, 2.24) is 0 Å². The highest BCUT2D eigenvalue weighted by atomic mass is 14.8. The van der Waals surface area contributed by atoms with Crippen LogP contribution in [0.25, 0.3) is 39.0 Å². The van der Waals surface area contributed by atoms with Gasteiger partial charge in [-0.15, -0.1) is 0 Å². The summed E-state index contributed by atoms with van der Waals surface area (Å²) in [6.45, 7) is 4.37. The number of allylic oxidation sites excluding steroid dienone is 2. The van der Waals surface area contributed by atoms with Gasteiger partial charge in [-0.3, -0.25) is 4.99 Å². The van der Waals surface area contributed by atoms with Crippen LogP contribution in [0.5, 0.6) is 0 Å². The van der Waals surface area contributed by atoms with E-state index in [1.54, 1.807) is 0 Å². The molecule has 0 heterocycles. The Morgan fingerprint density at radius 3 is 1.59 bits per heavy atom. The van der Waals surface area contributed by atoms with E-state index in [-0.39, 0.29) is 6.04 Å². The molecule has 0 saturated carbocycles. The van der Waals surface area contributed by atoms with Crippen molar-refractivity contribution >= 4 is 11.3 Å². The van der Waals surface area contributed by atoms with Gasteiger partial charge in [-0.2, -0.15) is 0 Å². The Bertz CT molecular complexity index is 2670. The van der Waals surface area contributed by atoms with Crippen LogP contribution < -0.4 is 0 Å². The second-order valence-electron chi connectivity index (χ2n) is 14.7. The Morgan fingerprint density at radius 2 is 0.929 bits per heavy atom. The maximum atomic E-state index is 5.40. The predicted molar refractivity (Wildman–Crippen MR) is 236 cm³/mol. The largest absolute Gasteiger partial charge is 0.277 e. The molecule has 8 aromatic carbocycles. The van der Waals surface area contributed by atoms with Crippen molar-refractivity contribution in [3.63, 3.8) is 0 Å². The SMILES string of the molecule is C/C(=C\C(=N/C(C)c1ccc(C2(c3ccccc3)c3ccccc3-c3ccccc3-c3cccc2c3-c2ccccc2)cc1)c1ccccc1)c1ccccc1. The molecule has 0 N–H and O–H groups in total. The first-order valence-electron chi connectivity index (χ1n) is 19.5. The number of fused-ring (bicyclic) bond motifs is 6. The molecule has 0 amide bonds. The molecule has 1 aliphatic carbocycles. The van der Waals surface area contributed by atoms with Crippen LogP contribution >= 0.6 is 0 Å². The quantitative estimate of drug-likeness (QED) is 0.139. The minimum atomic E-state index is -0.637. The number of aliphatic imine (C=N–C) groups is 1. The van der Waals surface area contributed by atoms with Gasteiger partial charge in [-0.25, -0.2) is 0 Å². The second kappa shape index (κ2) is 15.1. The summed E-state index contributed by atoms with van der Waals surface area (Å²) >= 11 is 0. The number of benzene rings is 8. The lowest BCUT2D eigenvalue weighted by Gasteiger charge is -2.41. The van der Waals surface area contributed by atoms with Gasteiger partial charge in [0.2, 0.25) is 0 Å². The standard InChI is InChI=1S/C55H43N/c1-39(41-20-7-3-8-21-41)38-53(43-22-9-4-10-23-43)56-40(2)42-34-36-46(37-35-42)55(45-26-13-6-14-27-45)51-32-18-17-30-49(51)47-28-15-16-29-48(47)50-31-19-33-52(55)54(50)44-24-11-5-12-25-44/h3-38,40H,1-2H3/b39-38+,56-53+. The average Bonchev–Trinajstić information content (AvgIpc) is 3.27. The third-order valence-corrected chi connectivity index (χ3v) is 11.4. The molecular weight excluding hydrogens is 675 g/mol. The van der Waals surface area contributed by atoms with Crippen LogP contribution in [-0.4, -0.2) is 5.71 Å². The van der Waals surface area contributed by atoms with Crippen LogP contribution in [-0.2, 0) is 5.41 Å². The lowest BCUT2D eigenvalue weighted by atomic mass is 9.60. The van der Waals surface area contributed by atoms with Gasteiger partial charge in [0, 0.05) is 0 Å². The van der Waals surface area contributed by atoms with Crippen molar-refractivity contribution in [1.29, 1.82) is 0 Å². The molecule has 0 spiro atoms. The summed E-state index contributed by atoms with van der Waals surface area (Å²) < 4.78 is 0. The van der Waals surface area contributed by atoms with Crippen LogP contribution in [0.4, 0.5) is 0 Å². The van der Waals surface area contributed by atoms with E-state index in [9.17, 15) is 0 Å². The van der Waals surface area contributed by atoms with E-state index in [2.05, 4.69) is 232 Å². The first-order valence-corrected chi connectivity index (χ1v) is 19.5. The molecule has 0 fully saturated rings. The summed E-state index contributed by atoms with van der Waals surface area (Å²) in [7, 11) is 0. The normalized spacial score (nSPS) is 15.5. The molecule has 56 heavy (non-hydrogen) atoms. The molecule has 268 valence electrons. The molecule has 2 atom stereocenters. The van der Waals surface area contributed by atoms with Gasteiger partial charge < -0.3 is 0 Å². The predicted octanol–water partition coefficient (Wildman–Crippen LogP) is 14.0. The topological polar surface area (TPSA) is 12.4 Å². The highest BCUT2D eigenvalue weighted by molar-refractivity contribution is 6.12. The van der Waals surface area contributed by atoms with Crippen molar-refractivity contribution in [3.8, 4) is 33.4 Å². The Labute approximate surface area is 331 Å². The zero-order valence-corrected chi connectivity index (χ0v) is 31.8. The lowest BCUT2D eigenvalue weighted by molar-refractivity contribution is 0.744. The summed E-state index contributed by atoms with van der Waals surface area (Å²) in [5.41, 5.74) is 17.4. The summed E-state index contributed by atoms with van der Waals surface area (Å²) in [6.07, 6.45) is 2.22. The number of hydrogen-bond donors (Lipinski definition) is 0. The molecule has 0 radical (unpaired) electrons. The smallest absolute Gasteiger partial charge is 0.0728 e. The van der Waals surface area contributed by atoms with Gasteiger partial charge in [-0.1, -0.05) is 212 Å². The monoisotopic (exact) mass is 717 g/mol. The molecule has 1 aliphatic rings. The van der Waals surface area contributed by atoms with Crippen molar-refractivity contribution in [2.45, 2.75) is 25.3 Å². The Kier molecular flexibility index (Phi) is 9.43. The van der Waals surface area contributed by atoms with E-state index in [0.29, 0.717) is 0 Å². The molecular formula is C55H43N. The summed E-state index contributed by atoms with van der Waals surface area (Å²) in [6, 6.07) is 77.2. The highest BCUT2D eigenvalue weighted by Gasteiger charge is 2.43. The summed E-state index contributed by atoms with van der Waals surface area (Å²) in [5, 5.41) is 0. The molecule has 1 heteroatoms. The summed E-state index contributed by atoms with van der Waals surface area (Å²) in [5.74, 6) is 0. The molecule has 9 rings (SSSR count). The fraction of sp³-hybridized carbons (Fsp3) is 0.0727. The molecule has 2 bridgehead atoms. The van der Waals surface area contributed by atoms with Gasteiger partial charge in [-0.05, 0) is 97.8 Å². The molecule has 2 unspecified atom stereocenters. The van der Waals surface area contributed by atoms with E-state index < -0.39 is 5.41 Å². The number of rotatable bonds is 8. The van der Waals surface area contributed by atoms with E-state index in [1.165, 1.54) is 66.8 Å². The Hall–Kier alpha value is -6.83. The first-order chi connectivity index (χ1) is 27.6. The van der Waals surface area contributed by atoms with E-state index in [4.69, 9.17) is 4.99 Å². The average molecular weight is 718 g/mol. The highest BCUT2D eigenvalue weighted by Crippen LogP contribution is 2.55. The van der Waals surface area contributed by atoms with Gasteiger partial charge in [0.15, 0.2) is 0 Å². The van der Waals surface area contributed by atoms with Gasteiger partial charge >= 0.3 is 0 Å². The van der Waals surface area contributed by atoms with Gasteiger partial charge in [0.1, 0.15) is 0 Å². The van der Waals surface area contributed by atoms with Gasteiger partial charge in [0.25, 0.3) is 0 Å². The molecule has 0 saturated heterocycles. The Balaban J connectivity index is 1.27. The van der Waals surface area contributed by atoms with E-state index in [0.717, 1.165) is 16.8 Å². The van der Waals surface area contributed by atoms with E-state index in [1.807, 2.05) is 0 Å². The number of hydrogen-bond acceptors (Lipinski definition) is 1. The minimum absolute atomic E-state index is 0.0774. The van der Waals surface area contributed by atoms with Crippen LogP contribution in [0.2, 0.25) is 0 Å². The van der Waals surface area contributed by atoms with Crippen LogP contribution in [0.3, 0.4) is 0 Å². The van der Waals surface area contributed by atoms with Crippen LogP contribution in [0.1, 0.15) is 58.8 Å². The molecule has 8 aromatic rings. The van der Waals surface area contributed by atoms with Crippen LogP contribution in [0.15, 0.2) is 223 Å². The van der Waals surface area contributed by atoms with Crippen molar-refractivity contribution in [2.75, 3.05) is 0 Å². The molecule has 0 aromatic heterocycles. The summed E-state index contributed by atoms with van der Waals surface area (Å²) in [4.78, 5) is 5.40. The fourth-order valence-corrected chi connectivity index (χ4v) is 8.71. The first kappa shape index (κ1) is 34.9. The van der Waals surface area contributed by atoms with Crippen LogP contribution in [0, 0.1) is 0 Å². The zero-order valence-electron chi connectivity index (χ0n) is 31.8. The Morgan fingerprint density at radius 1 is 0.446 bits per heavy atom.